The van der Waals surface area contributed by atoms with Crippen LogP contribution in [0.1, 0.15) is 20.7 Å². The molecule has 0 saturated carbocycles. The molecule has 0 heterocycles. The van der Waals surface area contributed by atoms with Crippen LogP contribution in [0, 0.1) is 14.9 Å². The van der Waals surface area contributed by atoms with Gasteiger partial charge in [0, 0.05) is 0 Å². The van der Waals surface area contributed by atoms with Gasteiger partial charge in [-0.1, -0.05) is 6.07 Å². The minimum absolute atomic E-state index is 0. The summed E-state index contributed by atoms with van der Waals surface area (Å²) in [6, 6.07) is 2.77. The molecule has 1 rings (SSSR count). The third-order valence-corrected chi connectivity index (χ3v) is 2.64. The number of carbonyl (C=O) groups is 2. The smallest absolute Gasteiger partial charge is 0.478 e. The maximum atomic E-state index is 10.8. The zero-order valence-electron chi connectivity index (χ0n) is 10.3. The Labute approximate surface area is 127 Å². The van der Waals surface area contributed by atoms with Crippen molar-refractivity contribution in [2.45, 2.75) is 4.90 Å². The monoisotopic (exact) mass is 300 g/mol. The molecule has 0 spiro atoms. The Balaban J connectivity index is -0.000000853. The van der Waals surface area contributed by atoms with Crippen molar-refractivity contribution in [3.05, 3.63) is 44.2 Å². The number of aromatic carboxylic acids is 2. The van der Waals surface area contributed by atoms with E-state index in [4.69, 9.17) is 14.8 Å². The van der Waals surface area contributed by atoms with E-state index in [1.165, 1.54) is 0 Å². The van der Waals surface area contributed by atoms with Gasteiger partial charge >= 0.3 is 35.0 Å². The number of rotatable bonds is 3. The molecular weight excluding hydrogens is 288 g/mol. The average Bonchev–Trinajstić information content (AvgIpc) is 2.14. The summed E-state index contributed by atoms with van der Waals surface area (Å²) < 4.78 is 30.4. The summed E-state index contributed by atoms with van der Waals surface area (Å²) in [5, 5.41) is 17.4. The van der Waals surface area contributed by atoms with Crippen LogP contribution in [-0.2, 0) is 10.1 Å². The number of carboxylic acids is 2. The quantitative estimate of drug-likeness (QED) is 0.428. The molecule has 7 nitrogen and oxygen atoms in total. The standard InChI is InChI=1S/C8H6O7S.2CH3.Mg/c9-7(10)4-2-1-3-5(16(13,14)15)6(4)8(11)12;;;/h1-3H,(H,9,10)(H,11,12)(H,13,14,15);2*1H3;/q;2*-1;+2. The molecule has 0 amide bonds. The van der Waals surface area contributed by atoms with E-state index >= 15 is 0 Å². The van der Waals surface area contributed by atoms with Gasteiger partial charge in [-0.2, -0.15) is 8.42 Å². The first-order chi connectivity index (χ1) is 7.25. The fourth-order valence-corrected chi connectivity index (χ4v) is 1.85. The minimum atomic E-state index is -4.78. The number of carboxylic acid groups (broad SMARTS) is 2. The van der Waals surface area contributed by atoms with Crippen LogP contribution >= 0.6 is 0 Å². The molecule has 0 aliphatic carbocycles. The van der Waals surface area contributed by atoms with Crippen LogP contribution < -0.4 is 0 Å². The second kappa shape index (κ2) is 8.10. The van der Waals surface area contributed by atoms with Crippen LogP contribution in [-0.4, -0.2) is 58.2 Å². The predicted octanol–water partition coefficient (Wildman–Crippen LogP) is 0.849. The third kappa shape index (κ3) is 5.15. The molecule has 19 heavy (non-hydrogen) atoms. The molecule has 1 aromatic rings. The van der Waals surface area contributed by atoms with Crippen molar-refractivity contribution in [1.29, 1.82) is 0 Å². The van der Waals surface area contributed by atoms with Crippen molar-refractivity contribution in [2.75, 3.05) is 0 Å². The van der Waals surface area contributed by atoms with Crippen molar-refractivity contribution < 1.29 is 32.8 Å². The van der Waals surface area contributed by atoms with E-state index in [0.717, 1.165) is 18.2 Å². The predicted molar refractivity (Wildman–Crippen MR) is 68.8 cm³/mol. The second-order valence-electron chi connectivity index (χ2n) is 2.76. The van der Waals surface area contributed by atoms with Gasteiger partial charge in [0.15, 0.2) is 0 Å². The molecule has 3 N–H and O–H groups in total. The number of hydrogen-bond donors (Lipinski definition) is 3. The van der Waals surface area contributed by atoms with E-state index in [2.05, 4.69) is 0 Å². The molecule has 0 aliphatic heterocycles. The van der Waals surface area contributed by atoms with Gasteiger partial charge in [-0.25, -0.2) is 9.59 Å². The van der Waals surface area contributed by atoms with E-state index in [9.17, 15) is 18.0 Å². The van der Waals surface area contributed by atoms with Crippen LogP contribution in [0.2, 0.25) is 0 Å². The molecule has 0 aromatic heterocycles. The van der Waals surface area contributed by atoms with E-state index < -0.39 is 38.1 Å². The molecule has 1 aromatic carbocycles. The molecule has 102 valence electrons. The van der Waals surface area contributed by atoms with Crippen molar-refractivity contribution in [2.24, 2.45) is 0 Å². The van der Waals surface area contributed by atoms with Gasteiger partial charge in [-0.15, -0.1) is 0 Å². The third-order valence-electron chi connectivity index (χ3n) is 1.75. The first-order valence-electron chi connectivity index (χ1n) is 3.82. The second-order valence-corrected chi connectivity index (χ2v) is 4.15. The zero-order chi connectivity index (χ0) is 12.5. The van der Waals surface area contributed by atoms with Gasteiger partial charge in [0.1, 0.15) is 4.90 Å². The van der Waals surface area contributed by atoms with E-state index in [0.29, 0.717) is 0 Å². The summed E-state index contributed by atoms with van der Waals surface area (Å²) in [6.45, 7) is 0. The van der Waals surface area contributed by atoms with Crippen molar-refractivity contribution in [3.63, 3.8) is 0 Å². The summed E-state index contributed by atoms with van der Waals surface area (Å²) in [6.07, 6.45) is 0. The normalized spacial score (nSPS) is 9.32. The minimum Gasteiger partial charge on any atom is -0.478 e. The molecular formula is C10H12MgO7S. The molecule has 0 aliphatic rings. The Bertz CT molecular complexity index is 565. The van der Waals surface area contributed by atoms with Crippen LogP contribution in [0.5, 0.6) is 0 Å². The molecule has 0 saturated heterocycles. The molecule has 0 atom stereocenters. The Morgan fingerprint density at radius 2 is 1.47 bits per heavy atom. The van der Waals surface area contributed by atoms with Gasteiger partial charge in [0.25, 0.3) is 10.1 Å². The number of benzene rings is 1. The van der Waals surface area contributed by atoms with Crippen LogP contribution in [0.4, 0.5) is 0 Å². The first kappa shape index (κ1) is 23.0. The van der Waals surface area contributed by atoms with Crippen LogP contribution in [0.15, 0.2) is 23.1 Å². The van der Waals surface area contributed by atoms with Gasteiger partial charge < -0.3 is 25.1 Å². The Morgan fingerprint density at radius 1 is 1.00 bits per heavy atom. The molecule has 0 unspecified atom stereocenters. The van der Waals surface area contributed by atoms with E-state index in [1.54, 1.807) is 0 Å². The van der Waals surface area contributed by atoms with Crippen molar-refractivity contribution in [1.82, 2.24) is 0 Å². The Morgan fingerprint density at radius 3 is 1.79 bits per heavy atom. The van der Waals surface area contributed by atoms with Crippen LogP contribution in [0.25, 0.3) is 0 Å². The summed E-state index contributed by atoms with van der Waals surface area (Å²) in [5.41, 5.74) is -1.67. The summed E-state index contributed by atoms with van der Waals surface area (Å²) in [5.74, 6) is -3.34. The van der Waals surface area contributed by atoms with Gasteiger partial charge in [-0.3, -0.25) is 4.55 Å². The SMILES string of the molecule is O=C(O)c1cccc(S(=O)(=O)O)c1C(=O)O.[CH3-].[CH3-].[Mg+2]. The van der Waals surface area contributed by atoms with Crippen LogP contribution in [0.3, 0.4) is 0 Å². The molecule has 0 radical (unpaired) electrons. The van der Waals surface area contributed by atoms with Crippen molar-refractivity contribution >= 4 is 45.1 Å². The topological polar surface area (TPSA) is 129 Å². The van der Waals surface area contributed by atoms with Gasteiger partial charge in [-0.05, 0) is 12.1 Å². The fraction of sp³-hybridized carbons (Fsp3) is 0. The largest absolute Gasteiger partial charge is 2.00 e. The van der Waals surface area contributed by atoms with E-state index in [1.807, 2.05) is 0 Å². The average molecular weight is 301 g/mol. The fourth-order valence-electron chi connectivity index (χ4n) is 1.14. The Kier molecular flexibility index (Phi) is 9.79. The summed E-state index contributed by atoms with van der Waals surface area (Å²) >= 11 is 0. The number of hydrogen-bond acceptors (Lipinski definition) is 4. The molecule has 9 heteroatoms. The summed E-state index contributed by atoms with van der Waals surface area (Å²) in [7, 11) is -4.78. The zero-order valence-corrected chi connectivity index (χ0v) is 12.6. The molecule has 0 fully saturated rings. The van der Waals surface area contributed by atoms with E-state index in [-0.39, 0.29) is 37.9 Å². The maximum Gasteiger partial charge on any atom is 2.00 e. The van der Waals surface area contributed by atoms with Gasteiger partial charge in [0.05, 0.1) is 11.1 Å². The van der Waals surface area contributed by atoms with Crippen molar-refractivity contribution in [3.8, 4) is 0 Å². The summed E-state index contributed by atoms with van der Waals surface area (Å²) in [4.78, 5) is 20.5. The first-order valence-corrected chi connectivity index (χ1v) is 5.26. The van der Waals surface area contributed by atoms with Gasteiger partial charge in [0.2, 0.25) is 0 Å². The maximum absolute atomic E-state index is 10.8. The molecule has 0 bridgehead atoms. The Hall–Kier alpha value is -1.16.